The van der Waals surface area contributed by atoms with E-state index in [-0.39, 0.29) is 25.4 Å². The predicted octanol–water partition coefficient (Wildman–Crippen LogP) is 7.85. The third-order valence-electron chi connectivity index (χ3n) is 8.77. The number of nitrogens with one attached hydrogen (secondary N) is 1. The molecule has 5 aromatic rings. The van der Waals surface area contributed by atoms with Crippen molar-refractivity contribution in [3.63, 3.8) is 0 Å². The number of amides is 2. The molecule has 0 saturated carbocycles. The van der Waals surface area contributed by atoms with Gasteiger partial charge in [0.15, 0.2) is 11.2 Å². The number of carbonyl (C=O) groups is 2. The maximum Gasteiger partial charge on any atom is 0.410 e. The number of alkyl halides is 2. The highest BCUT2D eigenvalue weighted by Crippen LogP contribution is 2.40. The highest BCUT2D eigenvalue weighted by atomic mass is 35.5. The summed E-state index contributed by atoms with van der Waals surface area (Å²) in [4.78, 5) is 36.3. The van der Waals surface area contributed by atoms with Crippen molar-refractivity contribution in [1.82, 2.24) is 29.2 Å². The second-order valence-corrected chi connectivity index (χ2v) is 15.0. The molecule has 2 aromatic carbocycles. The van der Waals surface area contributed by atoms with Crippen molar-refractivity contribution in [3.05, 3.63) is 81.4 Å². The van der Waals surface area contributed by atoms with Crippen molar-refractivity contribution >= 4 is 62.6 Å². The van der Waals surface area contributed by atoms with Gasteiger partial charge < -0.3 is 14.2 Å². The number of thiazole rings is 1. The molecule has 10 nitrogen and oxygen atoms in total. The quantitative estimate of drug-likeness (QED) is 0.191. The minimum atomic E-state index is -1.25. The van der Waals surface area contributed by atoms with Crippen molar-refractivity contribution in [2.75, 3.05) is 18.4 Å². The van der Waals surface area contributed by atoms with Crippen LogP contribution in [0.25, 0.3) is 22.0 Å². The first-order valence-electron chi connectivity index (χ1n) is 15.8. The summed E-state index contributed by atoms with van der Waals surface area (Å²) in [6.07, 6.45) is 2.51. The Balaban J connectivity index is 1.17. The summed E-state index contributed by atoms with van der Waals surface area (Å²) >= 11 is 15.1. The Morgan fingerprint density at radius 3 is 2.59 bits per heavy atom. The highest BCUT2D eigenvalue weighted by molar-refractivity contribution is 7.13. The van der Waals surface area contributed by atoms with Gasteiger partial charge in [0.05, 0.1) is 35.2 Å². The maximum absolute atomic E-state index is 15.4. The van der Waals surface area contributed by atoms with Crippen LogP contribution in [-0.2, 0) is 22.5 Å². The summed E-state index contributed by atoms with van der Waals surface area (Å²) in [7, 11) is 0. The number of hydrogen-bond acceptors (Lipinski definition) is 7. The number of benzene rings is 2. The summed E-state index contributed by atoms with van der Waals surface area (Å²) in [5.74, 6) is -0.827. The van der Waals surface area contributed by atoms with Gasteiger partial charge in [-0.1, -0.05) is 47.5 Å². The zero-order valence-electron chi connectivity index (χ0n) is 26.9. The van der Waals surface area contributed by atoms with E-state index in [2.05, 4.69) is 15.3 Å². The summed E-state index contributed by atoms with van der Waals surface area (Å²) in [6, 6.07) is 8.11. The van der Waals surface area contributed by atoms with Crippen LogP contribution in [-0.4, -0.2) is 72.2 Å². The molecule has 2 aliphatic heterocycles. The largest absolute Gasteiger partial charge is 0.444 e. The van der Waals surface area contributed by atoms with E-state index in [1.807, 2.05) is 24.3 Å². The fourth-order valence-electron chi connectivity index (χ4n) is 6.50. The zero-order valence-corrected chi connectivity index (χ0v) is 29.2. The standard InChI is InChI=1S/C34H33Cl2F2N7O3S/c1-34(2,3)48-33(47)43-10-8-21(25(38)16-43)18-4-6-19(7-5-18)22-13-24(35)23-15-45(42-28(23)27(22)36)30(31(46)41-32-39-9-11-49-32)29-26-12-20(37)14-44(26)17-40-29/h4-7,9,11,13,15,17,20-21,25,30H,8,10,12,14,16H2,1-3H3,(H,39,41,46)/t20-,21?,25?,30?/m1/s1. The van der Waals surface area contributed by atoms with Crippen LogP contribution in [0.1, 0.15) is 56.1 Å². The summed E-state index contributed by atoms with van der Waals surface area (Å²) in [6.45, 7) is 5.87. The lowest BCUT2D eigenvalue weighted by Crippen LogP contribution is -2.46. The lowest BCUT2D eigenvalue weighted by Gasteiger charge is -2.35. The number of imidazole rings is 1. The normalized spacial score (nSPS) is 20.0. The molecule has 0 bridgehead atoms. The van der Waals surface area contributed by atoms with Gasteiger partial charge in [-0.3, -0.25) is 14.8 Å². The molecule has 1 fully saturated rings. The van der Waals surface area contributed by atoms with Gasteiger partial charge in [0, 0.05) is 53.3 Å². The molecule has 3 unspecified atom stereocenters. The van der Waals surface area contributed by atoms with E-state index in [0.717, 1.165) is 11.1 Å². The van der Waals surface area contributed by atoms with E-state index >= 15 is 4.39 Å². The van der Waals surface area contributed by atoms with Crippen LogP contribution in [0.5, 0.6) is 0 Å². The number of fused-ring (bicyclic) bond motifs is 2. The van der Waals surface area contributed by atoms with Crippen LogP contribution in [0.2, 0.25) is 10.0 Å². The number of aromatic nitrogens is 5. The molecular formula is C34H33Cl2F2N7O3S. The number of hydrogen-bond donors (Lipinski definition) is 1. The van der Waals surface area contributed by atoms with Gasteiger partial charge >= 0.3 is 6.09 Å². The molecule has 5 heterocycles. The number of piperidine rings is 1. The zero-order chi connectivity index (χ0) is 34.6. The number of halogens is 4. The Hall–Kier alpha value is -4.07. The summed E-state index contributed by atoms with van der Waals surface area (Å²) < 4.78 is 38.3. The minimum absolute atomic E-state index is 0.0406. The number of likely N-dealkylation sites (tertiary alicyclic amines) is 1. The first kappa shape index (κ1) is 33.4. The van der Waals surface area contributed by atoms with E-state index in [1.165, 1.54) is 27.2 Å². The monoisotopic (exact) mass is 727 g/mol. The van der Waals surface area contributed by atoms with E-state index < -0.39 is 36.0 Å². The Bertz CT molecular complexity index is 2030. The van der Waals surface area contributed by atoms with Crippen LogP contribution in [0.15, 0.2) is 54.4 Å². The SMILES string of the molecule is CC(C)(C)OC(=O)N1CCC(c2ccc(-c3cc(Cl)c4cn(C(C(=O)Nc5nccs5)c5ncn6c5C[C@@H](F)C6)nc4c3Cl)cc2)C(F)C1. The Labute approximate surface area is 295 Å². The van der Waals surface area contributed by atoms with Gasteiger partial charge in [0.25, 0.3) is 5.91 Å². The smallest absolute Gasteiger partial charge is 0.410 e. The Morgan fingerprint density at radius 2 is 1.90 bits per heavy atom. The molecule has 15 heteroatoms. The van der Waals surface area contributed by atoms with Gasteiger partial charge in [0.2, 0.25) is 0 Å². The van der Waals surface area contributed by atoms with Crippen molar-refractivity contribution in [1.29, 1.82) is 0 Å². The molecule has 0 spiro atoms. The van der Waals surface area contributed by atoms with Crippen LogP contribution >= 0.6 is 34.5 Å². The molecule has 7 rings (SSSR count). The molecule has 1 N–H and O–H groups in total. The Kier molecular flexibility index (Phi) is 8.87. The lowest BCUT2D eigenvalue weighted by atomic mass is 9.87. The first-order valence-corrected chi connectivity index (χ1v) is 17.5. The van der Waals surface area contributed by atoms with E-state index in [0.29, 0.717) is 56.0 Å². The fraction of sp³-hybridized carbons (Fsp3) is 0.382. The van der Waals surface area contributed by atoms with E-state index in [1.54, 1.807) is 49.2 Å². The molecule has 256 valence electrons. The molecular weight excluding hydrogens is 695 g/mol. The topological polar surface area (TPSA) is 107 Å². The average molecular weight is 729 g/mol. The maximum atomic E-state index is 15.4. The van der Waals surface area contributed by atoms with Gasteiger partial charge in [-0.2, -0.15) is 5.10 Å². The van der Waals surface area contributed by atoms with Gasteiger partial charge in [-0.15, -0.1) is 11.3 Å². The minimum Gasteiger partial charge on any atom is -0.444 e. The van der Waals surface area contributed by atoms with E-state index in [9.17, 15) is 14.0 Å². The first-order chi connectivity index (χ1) is 23.4. The Morgan fingerprint density at radius 1 is 1.12 bits per heavy atom. The lowest BCUT2D eigenvalue weighted by molar-refractivity contribution is -0.118. The van der Waals surface area contributed by atoms with Gasteiger partial charge in [0.1, 0.15) is 23.5 Å². The molecule has 0 radical (unpaired) electrons. The van der Waals surface area contributed by atoms with Crippen LogP contribution < -0.4 is 5.32 Å². The number of anilines is 1. The number of carbonyl (C=O) groups excluding carboxylic acids is 2. The molecule has 2 aliphatic rings. The number of rotatable bonds is 6. The summed E-state index contributed by atoms with van der Waals surface area (Å²) in [5.41, 5.74) is 2.89. The van der Waals surface area contributed by atoms with Gasteiger partial charge in [-0.05, 0) is 44.4 Å². The molecule has 2 amide bonds. The third kappa shape index (κ3) is 6.63. The van der Waals surface area contributed by atoms with Crippen LogP contribution in [0.3, 0.4) is 0 Å². The number of nitrogens with zero attached hydrogens (tertiary/aromatic N) is 6. The van der Waals surface area contributed by atoms with Crippen LogP contribution in [0.4, 0.5) is 18.7 Å². The van der Waals surface area contributed by atoms with Gasteiger partial charge in [-0.25, -0.2) is 23.5 Å². The summed E-state index contributed by atoms with van der Waals surface area (Å²) in [5, 5.41) is 10.9. The predicted molar refractivity (Wildman–Crippen MR) is 185 cm³/mol. The van der Waals surface area contributed by atoms with Crippen LogP contribution in [0, 0.1) is 0 Å². The van der Waals surface area contributed by atoms with Crippen molar-refractivity contribution < 1.29 is 23.1 Å². The average Bonchev–Trinajstić information content (AvgIpc) is 3.85. The van der Waals surface area contributed by atoms with Crippen molar-refractivity contribution in [3.8, 4) is 11.1 Å². The molecule has 49 heavy (non-hydrogen) atoms. The third-order valence-corrected chi connectivity index (χ3v) is 10.2. The highest BCUT2D eigenvalue weighted by Gasteiger charge is 2.36. The van der Waals surface area contributed by atoms with E-state index in [4.69, 9.17) is 33.0 Å². The molecule has 4 atom stereocenters. The van der Waals surface area contributed by atoms with Crippen molar-refractivity contribution in [2.24, 2.45) is 0 Å². The second kappa shape index (κ2) is 13.0. The molecule has 3 aromatic heterocycles. The van der Waals surface area contributed by atoms with Crippen molar-refractivity contribution in [2.45, 2.75) is 70.1 Å². The number of ether oxygens (including phenoxy) is 1. The molecule has 0 aliphatic carbocycles. The fourth-order valence-corrected chi connectivity index (χ4v) is 7.58. The molecule has 1 saturated heterocycles. The second-order valence-electron chi connectivity index (χ2n) is 13.3.